The molecule has 0 aliphatic carbocycles. The highest BCUT2D eigenvalue weighted by Crippen LogP contribution is 2.23. The van der Waals surface area contributed by atoms with Crippen LogP contribution in [0.5, 0.6) is 5.88 Å². The molecule has 2 atom stereocenters. The Morgan fingerprint density at radius 2 is 2.41 bits per heavy atom. The molecular weight excluding hydrogens is 240 g/mol. The monoisotopic (exact) mass is 256 g/mol. The van der Waals surface area contributed by atoms with Crippen LogP contribution in [-0.2, 0) is 4.74 Å². The van der Waals surface area contributed by atoms with Crippen molar-refractivity contribution < 1.29 is 9.47 Å². The van der Waals surface area contributed by atoms with Crippen LogP contribution in [0.4, 0.5) is 5.69 Å². The molecule has 1 aliphatic heterocycles. The van der Waals surface area contributed by atoms with Gasteiger partial charge in [0.05, 0.1) is 25.2 Å². The molecule has 17 heavy (non-hydrogen) atoms. The van der Waals surface area contributed by atoms with E-state index in [-0.39, 0.29) is 12.2 Å². The maximum absolute atomic E-state index is 5.87. The summed E-state index contributed by atoms with van der Waals surface area (Å²) >= 11 is 5.87. The molecule has 1 aliphatic rings. The predicted octanol–water partition coefficient (Wildman–Crippen LogP) is 1.92. The van der Waals surface area contributed by atoms with E-state index >= 15 is 0 Å². The molecule has 0 N–H and O–H groups in total. The molecule has 2 unspecified atom stereocenters. The SMILES string of the molecule is COc1cc(N2CC(C)OC(CCl)C2)ccn1. The molecule has 0 saturated carbocycles. The molecule has 0 radical (unpaired) electrons. The van der Waals surface area contributed by atoms with Crippen LogP contribution in [0.1, 0.15) is 6.92 Å². The fourth-order valence-corrected chi connectivity index (χ4v) is 2.22. The first-order valence-electron chi connectivity index (χ1n) is 5.69. The highest BCUT2D eigenvalue weighted by atomic mass is 35.5. The number of ether oxygens (including phenoxy) is 2. The van der Waals surface area contributed by atoms with E-state index in [2.05, 4.69) is 16.8 Å². The van der Waals surface area contributed by atoms with Crippen molar-refractivity contribution in [2.24, 2.45) is 0 Å². The van der Waals surface area contributed by atoms with Gasteiger partial charge in [-0.25, -0.2) is 4.98 Å². The number of rotatable bonds is 3. The molecule has 0 amide bonds. The first-order valence-corrected chi connectivity index (χ1v) is 6.22. The van der Waals surface area contributed by atoms with Crippen molar-refractivity contribution >= 4 is 17.3 Å². The number of nitrogens with zero attached hydrogens (tertiary/aromatic N) is 2. The van der Waals surface area contributed by atoms with Gasteiger partial charge in [-0.3, -0.25) is 0 Å². The molecule has 1 saturated heterocycles. The molecule has 0 bridgehead atoms. The summed E-state index contributed by atoms with van der Waals surface area (Å²) in [5.41, 5.74) is 1.10. The number of hydrogen-bond donors (Lipinski definition) is 0. The van der Waals surface area contributed by atoms with Crippen molar-refractivity contribution in [1.82, 2.24) is 4.98 Å². The van der Waals surface area contributed by atoms with Gasteiger partial charge >= 0.3 is 0 Å². The van der Waals surface area contributed by atoms with Gasteiger partial charge in [0.25, 0.3) is 0 Å². The zero-order valence-electron chi connectivity index (χ0n) is 10.1. The van der Waals surface area contributed by atoms with E-state index in [9.17, 15) is 0 Å². The van der Waals surface area contributed by atoms with E-state index in [0.29, 0.717) is 11.8 Å². The Kier molecular flexibility index (Phi) is 4.07. The Morgan fingerprint density at radius 1 is 1.59 bits per heavy atom. The number of pyridine rings is 1. The fourth-order valence-electron chi connectivity index (χ4n) is 2.05. The Morgan fingerprint density at radius 3 is 3.12 bits per heavy atom. The molecule has 4 nitrogen and oxygen atoms in total. The maximum atomic E-state index is 5.87. The molecule has 94 valence electrons. The van der Waals surface area contributed by atoms with Gasteiger partial charge < -0.3 is 14.4 Å². The number of halogens is 1. The van der Waals surface area contributed by atoms with Gasteiger partial charge in [-0.15, -0.1) is 11.6 Å². The number of aromatic nitrogens is 1. The fraction of sp³-hybridized carbons (Fsp3) is 0.583. The summed E-state index contributed by atoms with van der Waals surface area (Å²) in [6, 6.07) is 3.91. The van der Waals surface area contributed by atoms with E-state index < -0.39 is 0 Å². The van der Waals surface area contributed by atoms with Gasteiger partial charge in [0.15, 0.2) is 0 Å². The molecule has 0 aromatic carbocycles. The molecule has 2 rings (SSSR count). The second kappa shape index (κ2) is 5.56. The number of hydrogen-bond acceptors (Lipinski definition) is 4. The first-order chi connectivity index (χ1) is 8.22. The van der Waals surface area contributed by atoms with Gasteiger partial charge in [-0.2, -0.15) is 0 Å². The first kappa shape index (κ1) is 12.5. The molecule has 5 heteroatoms. The predicted molar refractivity (Wildman–Crippen MR) is 68.1 cm³/mol. The third kappa shape index (κ3) is 3.01. The van der Waals surface area contributed by atoms with Crippen LogP contribution in [0, 0.1) is 0 Å². The lowest BCUT2D eigenvalue weighted by atomic mass is 10.2. The quantitative estimate of drug-likeness (QED) is 0.774. The van der Waals surface area contributed by atoms with Crippen LogP contribution in [0.2, 0.25) is 0 Å². The number of anilines is 1. The van der Waals surface area contributed by atoms with Crippen LogP contribution in [0.3, 0.4) is 0 Å². The van der Waals surface area contributed by atoms with Gasteiger partial charge in [0, 0.05) is 31.0 Å². The van der Waals surface area contributed by atoms with Crippen molar-refractivity contribution in [1.29, 1.82) is 0 Å². The summed E-state index contributed by atoms with van der Waals surface area (Å²) in [4.78, 5) is 6.36. The minimum absolute atomic E-state index is 0.0829. The van der Waals surface area contributed by atoms with E-state index in [1.54, 1.807) is 13.3 Å². The molecule has 0 spiro atoms. The normalized spacial score (nSPS) is 24.8. The van der Waals surface area contributed by atoms with Crippen LogP contribution in [-0.4, -0.2) is 43.3 Å². The third-order valence-corrected chi connectivity index (χ3v) is 3.14. The summed E-state index contributed by atoms with van der Waals surface area (Å²) in [7, 11) is 1.62. The summed E-state index contributed by atoms with van der Waals surface area (Å²) in [6.07, 6.45) is 2.02. The van der Waals surface area contributed by atoms with Gasteiger partial charge in [0.2, 0.25) is 5.88 Å². The second-order valence-corrected chi connectivity index (χ2v) is 4.49. The molecule has 1 fully saturated rings. The zero-order valence-corrected chi connectivity index (χ0v) is 10.9. The van der Waals surface area contributed by atoms with Crippen LogP contribution in [0.15, 0.2) is 18.3 Å². The summed E-state index contributed by atoms with van der Waals surface area (Å²) in [6.45, 7) is 3.73. The summed E-state index contributed by atoms with van der Waals surface area (Å²) < 4.78 is 10.9. The van der Waals surface area contributed by atoms with E-state index in [1.807, 2.05) is 12.1 Å². The Hall–Kier alpha value is -1.00. The average molecular weight is 257 g/mol. The second-order valence-electron chi connectivity index (χ2n) is 4.18. The van der Waals surface area contributed by atoms with Crippen molar-refractivity contribution in [3.05, 3.63) is 18.3 Å². The van der Waals surface area contributed by atoms with Gasteiger partial charge in [-0.05, 0) is 13.0 Å². The van der Waals surface area contributed by atoms with E-state index in [0.717, 1.165) is 18.8 Å². The molecule has 1 aromatic rings. The topological polar surface area (TPSA) is 34.6 Å². The standard InChI is InChI=1S/C12H17ClN2O2/c1-9-7-15(8-11(6-13)17-9)10-3-4-14-12(5-10)16-2/h3-5,9,11H,6-8H2,1-2H3. The lowest BCUT2D eigenvalue weighted by Crippen LogP contribution is -2.47. The number of morpholine rings is 1. The number of alkyl halides is 1. The van der Waals surface area contributed by atoms with E-state index in [4.69, 9.17) is 21.1 Å². The third-order valence-electron chi connectivity index (χ3n) is 2.79. The van der Waals surface area contributed by atoms with Crippen molar-refractivity contribution in [2.75, 3.05) is 31.0 Å². The number of methoxy groups -OCH3 is 1. The lowest BCUT2D eigenvalue weighted by Gasteiger charge is -2.37. The average Bonchev–Trinajstić information content (AvgIpc) is 2.38. The highest BCUT2D eigenvalue weighted by molar-refractivity contribution is 6.18. The van der Waals surface area contributed by atoms with Crippen LogP contribution >= 0.6 is 11.6 Å². The minimum Gasteiger partial charge on any atom is -0.481 e. The van der Waals surface area contributed by atoms with E-state index in [1.165, 1.54) is 0 Å². The Labute approximate surface area is 106 Å². The highest BCUT2D eigenvalue weighted by Gasteiger charge is 2.24. The summed E-state index contributed by atoms with van der Waals surface area (Å²) in [5, 5.41) is 0. The van der Waals surface area contributed by atoms with Crippen LogP contribution in [0.25, 0.3) is 0 Å². The Balaban J connectivity index is 2.14. The van der Waals surface area contributed by atoms with Gasteiger partial charge in [-0.1, -0.05) is 0 Å². The maximum Gasteiger partial charge on any atom is 0.214 e. The zero-order chi connectivity index (χ0) is 12.3. The van der Waals surface area contributed by atoms with Crippen molar-refractivity contribution in [2.45, 2.75) is 19.1 Å². The largest absolute Gasteiger partial charge is 0.481 e. The van der Waals surface area contributed by atoms with Crippen LogP contribution < -0.4 is 9.64 Å². The van der Waals surface area contributed by atoms with Crippen molar-refractivity contribution in [3.8, 4) is 5.88 Å². The Bertz CT molecular complexity index is 375. The molecule has 2 heterocycles. The molecule has 1 aromatic heterocycles. The summed E-state index contributed by atoms with van der Waals surface area (Å²) in [5.74, 6) is 1.15. The van der Waals surface area contributed by atoms with Crippen molar-refractivity contribution in [3.63, 3.8) is 0 Å². The van der Waals surface area contributed by atoms with Gasteiger partial charge in [0.1, 0.15) is 0 Å². The lowest BCUT2D eigenvalue weighted by molar-refractivity contribution is -0.00334. The smallest absolute Gasteiger partial charge is 0.214 e. The minimum atomic E-state index is 0.0829. The molecular formula is C12H17ClN2O2.